The van der Waals surface area contributed by atoms with Crippen LogP contribution in [-0.4, -0.2) is 81.4 Å². The monoisotopic (exact) mass is 593 g/mol. The molecular formula is C37H76N4O. The Morgan fingerprint density at radius 1 is 0.524 bits per heavy atom. The predicted molar refractivity (Wildman–Crippen MR) is 185 cm³/mol. The largest absolute Gasteiger partial charge is 0.390 e. The second kappa shape index (κ2) is 17.5. The Hall–Kier alpha value is -0.200. The van der Waals surface area contributed by atoms with Gasteiger partial charge in [0.05, 0.1) is 6.10 Å². The molecule has 0 saturated carbocycles. The number of aliphatic hydroxyl groups excluding tert-OH is 1. The van der Waals surface area contributed by atoms with E-state index in [9.17, 15) is 5.11 Å². The molecule has 0 bridgehead atoms. The molecule has 5 nitrogen and oxygen atoms in total. The lowest BCUT2D eigenvalue weighted by Crippen LogP contribution is -2.63. The van der Waals surface area contributed by atoms with E-state index in [4.69, 9.17) is 0 Å². The fraction of sp³-hybridized carbons (Fsp3) is 1.00. The van der Waals surface area contributed by atoms with Gasteiger partial charge in [0.2, 0.25) is 0 Å². The minimum absolute atomic E-state index is 0.118. The number of unbranched alkanes of at least 4 members (excludes halogenated alkanes) is 10. The van der Waals surface area contributed by atoms with Crippen LogP contribution in [-0.2, 0) is 0 Å². The van der Waals surface area contributed by atoms with Crippen LogP contribution in [0.15, 0.2) is 0 Å². The van der Waals surface area contributed by atoms with Crippen LogP contribution in [0, 0.1) is 0 Å². The molecule has 0 aromatic heterocycles. The standard InChI is InChI=1S/C37H76N4O/c1-11-13-15-17-19-21-23-40(31-25-34(3,4)38-35(5,6)26-31)29-33(42)30-41(24-22-20-18-16-14-12-2)32-27-36(7,8)39-37(9,10)28-32/h31-33,38-39,42H,11-30H2,1-10H3. The number of piperidine rings is 2. The maximum atomic E-state index is 11.8. The van der Waals surface area contributed by atoms with Gasteiger partial charge in [0.15, 0.2) is 0 Å². The van der Waals surface area contributed by atoms with E-state index < -0.39 is 0 Å². The van der Waals surface area contributed by atoms with Crippen molar-refractivity contribution < 1.29 is 5.11 Å². The van der Waals surface area contributed by atoms with Gasteiger partial charge in [0, 0.05) is 47.3 Å². The van der Waals surface area contributed by atoms with Crippen LogP contribution in [0.1, 0.15) is 172 Å². The molecule has 3 N–H and O–H groups in total. The number of hydrogen-bond acceptors (Lipinski definition) is 5. The summed E-state index contributed by atoms with van der Waals surface area (Å²) in [5.74, 6) is 0. The maximum absolute atomic E-state index is 11.8. The predicted octanol–water partition coefficient (Wildman–Crippen LogP) is 8.29. The van der Waals surface area contributed by atoms with Gasteiger partial charge in [0.1, 0.15) is 0 Å². The minimum Gasteiger partial charge on any atom is -0.390 e. The third-order valence-corrected chi connectivity index (χ3v) is 9.86. The highest BCUT2D eigenvalue weighted by Crippen LogP contribution is 2.34. The lowest BCUT2D eigenvalue weighted by atomic mass is 9.78. The van der Waals surface area contributed by atoms with Crippen molar-refractivity contribution in [3.63, 3.8) is 0 Å². The average molecular weight is 593 g/mol. The molecule has 2 aliphatic rings. The van der Waals surface area contributed by atoms with Crippen LogP contribution in [0.4, 0.5) is 0 Å². The number of nitrogens with zero attached hydrogens (tertiary/aromatic N) is 2. The van der Waals surface area contributed by atoms with E-state index in [2.05, 4.69) is 89.7 Å². The van der Waals surface area contributed by atoms with Crippen molar-refractivity contribution in [2.45, 2.75) is 212 Å². The van der Waals surface area contributed by atoms with Gasteiger partial charge in [-0.1, -0.05) is 78.1 Å². The third kappa shape index (κ3) is 14.7. The van der Waals surface area contributed by atoms with Gasteiger partial charge >= 0.3 is 0 Å². The lowest BCUT2D eigenvalue weighted by molar-refractivity contribution is -0.00112. The van der Waals surface area contributed by atoms with Crippen LogP contribution in [0.3, 0.4) is 0 Å². The Bertz CT molecular complexity index is 641. The summed E-state index contributed by atoms with van der Waals surface area (Å²) in [6.07, 6.45) is 20.2. The minimum atomic E-state index is -0.313. The van der Waals surface area contributed by atoms with E-state index in [-0.39, 0.29) is 28.3 Å². The molecule has 42 heavy (non-hydrogen) atoms. The first-order valence-corrected chi connectivity index (χ1v) is 18.3. The van der Waals surface area contributed by atoms with Crippen LogP contribution in [0.25, 0.3) is 0 Å². The van der Waals surface area contributed by atoms with E-state index in [0.717, 1.165) is 51.9 Å². The smallest absolute Gasteiger partial charge is 0.0794 e. The van der Waals surface area contributed by atoms with Gasteiger partial charge in [-0.05, 0) is 107 Å². The molecule has 0 amide bonds. The highest BCUT2D eigenvalue weighted by atomic mass is 16.3. The first-order valence-electron chi connectivity index (χ1n) is 18.3. The maximum Gasteiger partial charge on any atom is 0.0794 e. The number of hydrogen-bond donors (Lipinski definition) is 3. The molecule has 2 aliphatic heterocycles. The second-order valence-electron chi connectivity index (χ2n) is 17.1. The first-order chi connectivity index (χ1) is 19.6. The van der Waals surface area contributed by atoms with Gasteiger partial charge in [-0.15, -0.1) is 0 Å². The number of nitrogens with one attached hydrogen (secondary N) is 2. The average Bonchev–Trinajstić information content (AvgIpc) is 2.83. The topological polar surface area (TPSA) is 50.8 Å². The van der Waals surface area contributed by atoms with E-state index >= 15 is 0 Å². The van der Waals surface area contributed by atoms with E-state index in [1.165, 1.54) is 77.0 Å². The normalized spacial score (nSPS) is 22.4. The van der Waals surface area contributed by atoms with E-state index in [1.807, 2.05) is 0 Å². The first kappa shape index (κ1) is 38.0. The Labute approximate surface area is 263 Å². The highest BCUT2D eigenvalue weighted by Gasteiger charge is 2.42. The lowest BCUT2D eigenvalue weighted by Gasteiger charge is -2.51. The number of rotatable bonds is 20. The van der Waals surface area contributed by atoms with Crippen molar-refractivity contribution in [3.05, 3.63) is 0 Å². The summed E-state index contributed by atoms with van der Waals surface area (Å²) in [5, 5.41) is 19.6. The summed E-state index contributed by atoms with van der Waals surface area (Å²) < 4.78 is 0. The Morgan fingerprint density at radius 3 is 1.12 bits per heavy atom. The molecule has 0 unspecified atom stereocenters. The number of aliphatic hydroxyl groups is 1. The van der Waals surface area contributed by atoms with E-state index in [0.29, 0.717) is 12.1 Å². The molecule has 2 heterocycles. The van der Waals surface area contributed by atoms with Crippen molar-refractivity contribution >= 4 is 0 Å². The van der Waals surface area contributed by atoms with Crippen LogP contribution in [0.5, 0.6) is 0 Å². The van der Waals surface area contributed by atoms with Gasteiger partial charge in [0.25, 0.3) is 0 Å². The molecule has 250 valence electrons. The quantitative estimate of drug-likeness (QED) is 0.124. The van der Waals surface area contributed by atoms with Crippen molar-refractivity contribution in [3.8, 4) is 0 Å². The second-order valence-corrected chi connectivity index (χ2v) is 17.1. The molecule has 0 aromatic rings. The molecule has 5 heteroatoms. The molecule has 0 radical (unpaired) electrons. The van der Waals surface area contributed by atoms with Crippen molar-refractivity contribution in [2.75, 3.05) is 26.2 Å². The molecule has 0 aromatic carbocycles. The summed E-state index contributed by atoms with van der Waals surface area (Å²) in [7, 11) is 0. The van der Waals surface area contributed by atoms with Gasteiger partial charge in [-0.3, -0.25) is 9.80 Å². The van der Waals surface area contributed by atoms with Crippen molar-refractivity contribution in [1.82, 2.24) is 20.4 Å². The summed E-state index contributed by atoms with van der Waals surface area (Å²) in [5.41, 5.74) is 0.472. The van der Waals surface area contributed by atoms with Gasteiger partial charge in [-0.25, -0.2) is 0 Å². The third-order valence-electron chi connectivity index (χ3n) is 9.86. The Morgan fingerprint density at radius 2 is 0.810 bits per heavy atom. The van der Waals surface area contributed by atoms with Gasteiger partial charge in [-0.2, -0.15) is 0 Å². The van der Waals surface area contributed by atoms with Crippen molar-refractivity contribution in [2.24, 2.45) is 0 Å². The zero-order chi connectivity index (χ0) is 31.4. The SMILES string of the molecule is CCCCCCCCN(CC(O)CN(CCCCCCCC)C1CC(C)(C)NC(C)(C)C1)C1CC(C)(C)NC(C)(C)C1. The molecule has 0 spiro atoms. The molecular weight excluding hydrogens is 516 g/mol. The Kier molecular flexibility index (Phi) is 15.8. The molecule has 0 atom stereocenters. The molecule has 0 aliphatic carbocycles. The molecule has 2 saturated heterocycles. The zero-order valence-electron chi connectivity index (χ0n) is 30.2. The summed E-state index contributed by atoms with van der Waals surface area (Å²) in [6.45, 7) is 27.3. The Balaban J connectivity index is 2.12. The molecule has 2 rings (SSSR count). The van der Waals surface area contributed by atoms with Crippen LogP contribution < -0.4 is 10.6 Å². The highest BCUT2D eigenvalue weighted by molar-refractivity contribution is 5.02. The van der Waals surface area contributed by atoms with Crippen molar-refractivity contribution in [1.29, 1.82) is 0 Å². The van der Waals surface area contributed by atoms with Gasteiger partial charge < -0.3 is 15.7 Å². The van der Waals surface area contributed by atoms with Crippen LogP contribution >= 0.6 is 0 Å². The fourth-order valence-corrected chi connectivity index (χ4v) is 8.69. The summed E-state index contributed by atoms with van der Waals surface area (Å²) in [6, 6.07) is 1.04. The zero-order valence-corrected chi connectivity index (χ0v) is 30.2. The molecule has 2 fully saturated rings. The fourth-order valence-electron chi connectivity index (χ4n) is 8.69. The van der Waals surface area contributed by atoms with E-state index in [1.54, 1.807) is 0 Å². The summed E-state index contributed by atoms with van der Waals surface area (Å²) in [4.78, 5) is 5.40. The van der Waals surface area contributed by atoms with Crippen LogP contribution in [0.2, 0.25) is 0 Å². The summed E-state index contributed by atoms with van der Waals surface area (Å²) >= 11 is 0.